The maximum Gasteiger partial charge on any atom is 0.238 e. The van der Waals surface area contributed by atoms with E-state index in [1.54, 1.807) is 18.2 Å². The number of halogens is 2. The van der Waals surface area contributed by atoms with Crippen LogP contribution in [0.15, 0.2) is 18.2 Å². The van der Waals surface area contributed by atoms with Gasteiger partial charge in [0.2, 0.25) is 5.91 Å². The first-order valence-corrected chi connectivity index (χ1v) is 6.03. The normalized spacial score (nSPS) is 16.6. The summed E-state index contributed by atoms with van der Waals surface area (Å²) in [4.78, 5) is 13.6. The van der Waals surface area contributed by atoms with Gasteiger partial charge in [-0.3, -0.25) is 9.69 Å². The molecule has 17 heavy (non-hydrogen) atoms. The van der Waals surface area contributed by atoms with E-state index in [-0.39, 0.29) is 11.9 Å². The first kappa shape index (κ1) is 12.6. The summed E-state index contributed by atoms with van der Waals surface area (Å²) in [5.41, 5.74) is 6.28. The van der Waals surface area contributed by atoms with Crippen molar-refractivity contribution in [1.29, 1.82) is 0 Å². The lowest BCUT2D eigenvalue weighted by molar-refractivity contribution is -0.118. The molecule has 0 atom stereocenters. The maximum atomic E-state index is 11.6. The predicted octanol–water partition coefficient (Wildman–Crippen LogP) is 1.57. The van der Waals surface area contributed by atoms with Gasteiger partial charge in [0.15, 0.2) is 0 Å². The average molecular weight is 274 g/mol. The smallest absolute Gasteiger partial charge is 0.238 e. The van der Waals surface area contributed by atoms with Crippen LogP contribution in [0.4, 0.5) is 5.69 Å². The van der Waals surface area contributed by atoms with Gasteiger partial charge in [0.25, 0.3) is 0 Å². The van der Waals surface area contributed by atoms with Crippen molar-refractivity contribution in [3.05, 3.63) is 28.2 Å². The fourth-order valence-corrected chi connectivity index (χ4v) is 2.01. The quantitative estimate of drug-likeness (QED) is 0.879. The topological polar surface area (TPSA) is 58.4 Å². The summed E-state index contributed by atoms with van der Waals surface area (Å²) >= 11 is 11.6. The van der Waals surface area contributed by atoms with E-state index in [4.69, 9.17) is 28.9 Å². The zero-order valence-electron chi connectivity index (χ0n) is 9.12. The van der Waals surface area contributed by atoms with Crippen molar-refractivity contribution in [2.45, 2.75) is 6.04 Å². The van der Waals surface area contributed by atoms with Crippen LogP contribution in [-0.2, 0) is 4.79 Å². The maximum absolute atomic E-state index is 11.6. The third kappa shape index (κ3) is 3.33. The molecular weight excluding hydrogens is 261 g/mol. The highest BCUT2D eigenvalue weighted by Gasteiger charge is 2.24. The van der Waals surface area contributed by atoms with Crippen LogP contribution < -0.4 is 11.1 Å². The Balaban J connectivity index is 1.87. The van der Waals surface area contributed by atoms with Crippen LogP contribution >= 0.6 is 23.2 Å². The lowest BCUT2D eigenvalue weighted by Gasteiger charge is -2.36. The Morgan fingerprint density at radius 1 is 1.41 bits per heavy atom. The number of rotatable bonds is 3. The molecule has 1 aromatic carbocycles. The van der Waals surface area contributed by atoms with Crippen LogP contribution in [0.3, 0.4) is 0 Å². The number of hydrogen-bond donors (Lipinski definition) is 2. The predicted molar refractivity (Wildman–Crippen MR) is 69.5 cm³/mol. The molecule has 4 nitrogen and oxygen atoms in total. The molecule has 0 saturated carbocycles. The standard InChI is InChI=1S/C11H13Cl2N3O/c12-9-2-1-8(3-10(9)13)15-11(17)6-16-4-7(14)5-16/h1-3,7H,4-6,14H2,(H,15,17). The fraction of sp³-hybridized carbons (Fsp3) is 0.364. The average Bonchev–Trinajstić information content (AvgIpc) is 2.21. The number of nitrogens with zero attached hydrogens (tertiary/aromatic N) is 1. The molecule has 3 N–H and O–H groups in total. The Morgan fingerprint density at radius 3 is 2.71 bits per heavy atom. The Morgan fingerprint density at radius 2 is 2.12 bits per heavy atom. The Kier molecular flexibility index (Phi) is 3.89. The van der Waals surface area contributed by atoms with Crippen molar-refractivity contribution in [2.75, 3.05) is 25.0 Å². The largest absolute Gasteiger partial charge is 0.325 e. The van der Waals surface area contributed by atoms with Crippen molar-refractivity contribution >= 4 is 34.8 Å². The van der Waals surface area contributed by atoms with E-state index in [1.165, 1.54) is 0 Å². The highest BCUT2D eigenvalue weighted by molar-refractivity contribution is 6.42. The summed E-state index contributed by atoms with van der Waals surface area (Å²) < 4.78 is 0. The highest BCUT2D eigenvalue weighted by Crippen LogP contribution is 2.24. The van der Waals surface area contributed by atoms with E-state index in [0.717, 1.165) is 13.1 Å². The lowest BCUT2D eigenvalue weighted by atomic mass is 10.1. The van der Waals surface area contributed by atoms with Gasteiger partial charge in [-0.05, 0) is 18.2 Å². The van der Waals surface area contributed by atoms with Crippen LogP contribution in [0.2, 0.25) is 10.0 Å². The summed E-state index contributed by atoms with van der Waals surface area (Å²) in [6, 6.07) is 5.20. The van der Waals surface area contributed by atoms with Gasteiger partial charge in [-0.25, -0.2) is 0 Å². The summed E-state index contributed by atoms with van der Waals surface area (Å²) in [6.45, 7) is 1.90. The summed E-state index contributed by atoms with van der Waals surface area (Å²) in [5.74, 6) is -0.0738. The summed E-state index contributed by atoms with van der Waals surface area (Å²) in [5, 5.41) is 3.66. The number of carbonyl (C=O) groups excluding carboxylic acids is 1. The van der Waals surface area contributed by atoms with Crippen LogP contribution in [0.25, 0.3) is 0 Å². The van der Waals surface area contributed by atoms with E-state index in [0.29, 0.717) is 22.3 Å². The van der Waals surface area contributed by atoms with Gasteiger partial charge in [0, 0.05) is 24.8 Å². The zero-order chi connectivity index (χ0) is 12.4. The van der Waals surface area contributed by atoms with Gasteiger partial charge in [-0.15, -0.1) is 0 Å². The van der Waals surface area contributed by atoms with E-state index >= 15 is 0 Å². The second-order valence-electron chi connectivity index (χ2n) is 4.13. The van der Waals surface area contributed by atoms with Gasteiger partial charge in [-0.1, -0.05) is 23.2 Å². The number of anilines is 1. The van der Waals surface area contributed by atoms with E-state index in [2.05, 4.69) is 5.32 Å². The van der Waals surface area contributed by atoms with Crippen molar-refractivity contribution in [1.82, 2.24) is 4.90 Å². The first-order chi connectivity index (χ1) is 8.04. The lowest BCUT2D eigenvalue weighted by Crippen LogP contribution is -2.57. The zero-order valence-corrected chi connectivity index (χ0v) is 10.6. The van der Waals surface area contributed by atoms with Crippen LogP contribution in [0, 0.1) is 0 Å². The molecule has 1 saturated heterocycles. The number of nitrogens with one attached hydrogen (secondary N) is 1. The SMILES string of the molecule is NC1CN(CC(=O)Nc2ccc(Cl)c(Cl)c2)C1. The second kappa shape index (κ2) is 5.23. The molecular formula is C11H13Cl2N3O. The van der Waals surface area contributed by atoms with Crippen molar-refractivity contribution in [3.63, 3.8) is 0 Å². The van der Waals surface area contributed by atoms with Crippen molar-refractivity contribution in [2.24, 2.45) is 5.73 Å². The molecule has 0 aromatic heterocycles. The molecule has 0 unspecified atom stereocenters. The Hall–Kier alpha value is -0.810. The van der Waals surface area contributed by atoms with Crippen LogP contribution in [0.5, 0.6) is 0 Å². The minimum Gasteiger partial charge on any atom is -0.325 e. The fourth-order valence-electron chi connectivity index (χ4n) is 1.72. The summed E-state index contributed by atoms with van der Waals surface area (Å²) in [6.07, 6.45) is 0. The Labute approximate surface area is 110 Å². The number of benzene rings is 1. The van der Waals surface area contributed by atoms with Gasteiger partial charge < -0.3 is 11.1 Å². The molecule has 1 aromatic rings. The summed E-state index contributed by atoms with van der Waals surface area (Å²) in [7, 11) is 0. The minimum absolute atomic E-state index is 0.0738. The third-order valence-corrected chi connectivity index (χ3v) is 3.30. The van der Waals surface area contributed by atoms with Crippen molar-refractivity contribution < 1.29 is 4.79 Å². The van der Waals surface area contributed by atoms with E-state index in [1.807, 2.05) is 4.90 Å². The van der Waals surface area contributed by atoms with Gasteiger partial charge in [0.1, 0.15) is 0 Å². The molecule has 0 spiro atoms. The molecule has 0 bridgehead atoms. The number of nitrogens with two attached hydrogens (primary N) is 1. The molecule has 0 aliphatic carbocycles. The molecule has 92 valence electrons. The third-order valence-electron chi connectivity index (χ3n) is 2.56. The Bertz CT molecular complexity index is 433. The molecule has 1 fully saturated rings. The van der Waals surface area contributed by atoms with Gasteiger partial charge in [0.05, 0.1) is 16.6 Å². The molecule has 1 aliphatic heterocycles. The van der Waals surface area contributed by atoms with E-state index in [9.17, 15) is 4.79 Å². The van der Waals surface area contributed by atoms with Crippen molar-refractivity contribution in [3.8, 4) is 0 Å². The molecule has 1 heterocycles. The monoisotopic (exact) mass is 273 g/mol. The van der Waals surface area contributed by atoms with Crippen LogP contribution in [0.1, 0.15) is 0 Å². The molecule has 6 heteroatoms. The second-order valence-corrected chi connectivity index (χ2v) is 4.95. The number of amides is 1. The minimum atomic E-state index is -0.0738. The number of carbonyl (C=O) groups is 1. The molecule has 0 radical (unpaired) electrons. The van der Waals surface area contributed by atoms with Crippen LogP contribution in [-0.4, -0.2) is 36.5 Å². The molecule has 1 amide bonds. The van der Waals surface area contributed by atoms with Gasteiger partial charge >= 0.3 is 0 Å². The molecule has 1 aliphatic rings. The molecule has 2 rings (SSSR count). The number of likely N-dealkylation sites (tertiary alicyclic amines) is 1. The number of hydrogen-bond acceptors (Lipinski definition) is 3. The highest BCUT2D eigenvalue weighted by atomic mass is 35.5. The van der Waals surface area contributed by atoms with E-state index < -0.39 is 0 Å². The first-order valence-electron chi connectivity index (χ1n) is 5.27. The van der Waals surface area contributed by atoms with Gasteiger partial charge in [-0.2, -0.15) is 0 Å².